The zero-order chi connectivity index (χ0) is 9.68. The van der Waals surface area contributed by atoms with Gasteiger partial charge in [-0.1, -0.05) is 6.08 Å². The Morgan fingerprint density at radius 2 is 2.08 bits per heavy atom. The van der Waals surface area contributed by atoms with Crippen molar-refractivity contribution in [2.75, 3.05) is 30.0 Å². The summed E-state index contributed by atoms with van der Waals surface area (Å²) in [5.41, 5.74) is 5.44. The fourth-order valence-electron chi connectivity index (χ4n) is 0.747. The summed E-state index contributed by atoms with van der Waals surface area (Å²) >= 11 is 0. The molecule has 1 rings (SSSR count). The Balaban J connectivity index is 2.81. The van der Waals surface area contributed by atoms with Crippen LogP contribution >= 0.6 is 0 Å². The van der Waals surface area contributed by atoms with Gasteiger partial charge in [0.2, 0.25) is 17.8 Å². The third kappa shape index (κ3) is 2.58. The summed E-state index contributed by atoms with van der Waals surface area (Å²) in [6.45, 7) is 4.15. The summed E-state index contributed by atoms with van der Waals surface area (Å²) in [6, 6.07) is 0. The van der Waals surface area contributed by atoms with E-state index < -0.39 is 0 Å². The summed E-state index contributed by atoms with van der Waals surface area (Å²) in [7, 11) is 1.71. The molecule has 0 unspecified atom stereocenters. The average molecular weight is 180 g/mol. The Bertz CT molecular complexity index is 297. The Morgan fingerprint density at radius 3 is 2.69 bits per heavy atom. The van der Waals surface area contributed by atoms with Crippen molar-refractivity contribution in [2.45, 2.75) is 0 Å². The molecule has 0 aliphatic heterocycles. The molecule has 13 heavy (non-hydrogen) atoms. The van der Waals surface area contributed by atoms with E-state index >= 15 is 0 Å². The normalized spacial score (nSPS) is 9.31. The molecule has 0 fully saturated rings. The number of hydrogen-bond donors (Lipinski definition) is 3. The van der Waals surface area contributed by atoms with Crippen molar-refractivity contribution in [3.05, 3.63) is 12.7 Å². The molecule has 70 valence electrons. The number of anilines is 3. The molecular weight excluding hydrogens is 168 g/mol. The minimum Gasteiger partial charge on any atom is -0.368 e. The summed E-state index contributed by atoms with van der Waals surface area (Å²) < 4.78 is 0. The van der Waals surface area contributed by atoms with Crippen LogP contribution in [0.25, 0.3) is 0 Å². The molecule has 4 N–H and O–H groups in total. The molecule has 0 atom stereocenters. The third-order valence-corrected chi connectivity index (χ3v) is 1.28. The lowest BCUT2D eigenvalue weighted by Gasteiger charge is -2.04. The van der Waals surface area contributed by atoms with E-state index in [1.165, 1.54) is 0 Å². The Kier molecular flexibility index (Phi) is 3.02. The van der Waals surface area contributed by atoms with Gasteiger partial charge >= 0.3 is 0 Å². The first-order valence-corrected chi connectivity index (χ1v) is 3.80. The maximum absolute atomic E-state index is 5.44. The van der Waals surface area contributed by atoms with E-state index in [0.29, 0.717) is 18.4 Å². The highest BCUT2D eigenvalue weighted by atomic mass is 15.2. The second-order valence-electron chi connectivity index (χ2n) is 2.26. The van der Waals surface area contributed by atoms with E-state index in [-0.39, 0.29) is 5.95 Å². The first kappa shape index (κ1) is 9.24. The second kappa shape index (κ2) is 4.24. The Labute approximate surface area is 76.3 Å². The number of nitrogens with two attached hydrogens (primary N) is 1. The predicted molar refractivity (Wildman–Crippen MR) is 52.5 cm³/mol. The van der Waals surface area contributed by atoms with Crippen LogP contribution < -0.4 is 16.4 Å². The van der Waals surface area contributed by atoms with E-state index in [0.717, 1.165) is 0 Å². The van der Waals surface area contributed by atoms with Gasteiger partial charge in [-0.15, -0.1) is 6.58 Å². The van der Waals surface area contributed by atoms with Crippen LogP contribution in [0, 0.1) is 0 Å². The lowest BCUT2D eigenvalue weighted by Crippen LogP contribution is -2.09. The fourth-order valence-corrected chi connectivity index (χ4v) is 0.747. The summed E-state index contributed by atoms with van der Waals surface area (Å²) in [4.78, 5) is 11.7. The van der Waals surface area contributed by atoms with Gasteiger partial charge in [0.1, 0.15) is 0 Å². The van der Waals surface area contributed by atoms with E-state index in [1.807, 2.05) is 0 Å². The maximum Gasteiger partial charge on any atom is 0.229 e. The largest absolute Gasteiger partial charge is 0.368 e. The molecule has 0 saturated heterocycles. The van der Waals surface area contributed by atoms with E-state index in [9.17, 15) is 0 Å². The van der Waals surface area contributed by atoms with E-state index in [2.05, 4.69) is 32.2 Å². The highest BCUT2D eigenvalue weighted by Crippen LogP contribution is 2.04. The highest BCUT2D eigenvalue weighted by molar-refractivity contribution is 5.39. The van der Waals surface area contributed by atoms with Gasteiger partial charge in [0.15, 0.2) is 0 Å². The van der Waals surface area contributed by atoms with Gasteiger partial charge in [-0.3, -0.25) is 0 Å². The van der Waals surface area contributed by atoms with Crippen LogP contribution in [0.15, 0.2) is 12.7 Å². The molecule has 0 radical (unpaired) electrons. The van der Waals surface area contributed by atoms with E-state index in [1.54, 1.807) is 13.1 Å². The monoisotopic (exact) mass is 180 g/mol. The quantitative estimate of drug-likeness (QED) is 0.569. The van der Waals surface area contributed by atoms with Crippen LogP contribution in [-0.4, -0.2) is 28.5 Å². The van der Waals surface area contributed by atoms with Crippen molar-refractivity contribution >= 4 is 17.8 Å². The van der Waals surface area contributed by atoms with Crippen LogP contribution in [0.1, 0.15) is 0 Å². The molecular formula is C7H12N6. The van der Waals surface area contributed by atoms with Crippen molar-refractivity contribution in [2.24, 2.45) is 0 Å². The molecule has 0 saturated carbocycles. The van der Waals surface area contributed by atoms with E-state index in [4.69, 9.17) is 5.73 Å². The number of nitrogens with zero attached hydrogens (tertiary/aromatic N) is 3. The minimum atomic E-state index is 0.186. The van der Waals surface area contributed by atoms with Gasteiger partial charge in [0.25, 0.3) is 0 Å². The summed E-state index contributed by atoms with van der Waals surface area (Å²) in [5.74, 6) is 1.07. The molecule has 0 amide bonds. The molecule has 0 spiro atoms. The highest BCUT2D eigenvalue weighted by Gasteiger charge is 2.00. The fraction of sp³-hybridized carbons (Fsp3) is 0.286. The van der Waals surface area contributed by atoms with Gasteiger partial charge in [-0.05, 0) is 0 Å². The standard InChI is InChI=1S/C7H12N6/c1-3-4-10-7-12-5(8)11-6(9-2)13-7/h3H,1,4H2,2H3,(H4,8,9,10,11,12,13). The van der Waals surface area contributed by atoms with Crippen LogP contribution in [0.3, 0.4) is 0 Å². The van der Waals surface area contributed by atoms with Crippen LogP contribution in [0.4, 0.5) is 17.8 Å². The number of hydrogen-bond acceptors (Lipinski definition) is 6. The minimum absolute atomic E-state index is 0.186. The zero-order valence-corrected chi connectivity index (χ0v) is 7.41. The molecule has 1 aromatic rings. The topological polar surface area (TPSA) is 88.8 Å². The zero-order valence-electron chi connectivity index (χ0n) is 7.41. The number of aromatic nitrogens is 3. The molecule has 6 nitrogen and oxygen atoms in total. The lowest BCUT2D eigenvalue weighted by molar-refractivity contribution is 1.04. The van der Waals surface area contributed by atoms with Crippen LogP contribution in [-0.2, 0) is 0 Å². The summed E-state index contributed by atoms with van der Waals surface area (Å²) in [6.07, 6.45) is 1.71. The number of nitrogen functional groups attached to an aromatic ring is 1. The molecule has 0 aromatic carbocycles. The van der Waals surface area contributed by atoms with Crippen molar-refractivity contribution in [3.8, 4) is 0 Å². The maximum atomic E-state index is 5.44. The summed E-state index contributed by atoms with van der Waals surface area (Å²) in [5, 5.41) is 5.69. The van der Waals surface area contributed by atoms with Gasteiger partial charge in [-0.2, -0.15) is 15.0 Å². The smallest absolute Gasteiger partial charge is 0.229 e. The third-order valence-electron chi connectivity index (χ3n) is 1.28. The first-order valence-electron chi connectivity index (χ1n) is 3.80. The van der Waals surface area contributed by atoms with Gasteiger partial charge in [-0.25, -0.2) is 0 Å². The Hall–Kier alpha value is -1.85. The molecule has 1 heterocycles. The Morgan fingerprint density at radius 1 is 1.38 bits per heavy atom. The lowest BCUT2D eigenvalue weighted by atomic mass is 10.6. The molecule has 1 aromatic heterocycles. The van der Waals surface area contributed by atoms with Crippen molar-refractivity contribution < 1.29 is 0 Å². The SMILES string of the molecule is C=CCNc1nc(N)nc(NC)n1. The van der Waals surface area contributed by atoms with Crippen LogP contribution in [0.5, 0.6) is 0 Å². The number of nitrogens with one attached hydrogen (secondary N) is 2. The first-order chi connectivity index (χ1) is 6.26. The van der Waals surface area contributed by atoms with Crippen molar-refractivity contribution in [1.82, 2.24) is 15.0 Å². The average Bonchev–Trinajstić information content (AvgIpc) is 2.14. The van der Waals surface area contributed by atoms with Crippen molar-refractivity contribution in [3.63, 3.8) is 0 Å². The van der Waals surface area contributed by atoms with Crippen molar-refractivity contribution in [1.29, 1.82) is 0 Å². The molecule has 0 aliphatic carbocycles. The number of rotatable bonds is 4. The molecule has 0 bridgehead atoms. The second-order valence-corrected chi connectivity index (χ2v) is 2.26. The van der Waals surface area contributed by atoms with Gasteiger partial charge in [0, 0.05) is 13.6 Å². The van der Waals surface area contributed by atoms with Crippen LogP contribution in [0.2, 0.25) is 0 Å². The molecule has 6 heteroatoms. The molecule has 0 aliphatic rings. The van der Waals surface area contributed by atoms with Gasteiger partial charge < -0.3 is 16.4 Å². The predicted octanol–water partition coefficient (Wildman–Crippen LogP) is 0.0934. The van der Waals surface area contributed by atoms with Gasteiger partial charge in [0.05, 0.1) is 0 Å².